The topological polar surface area (TPSA) is 174 Å². The number of benzene rings is 3. The third kappa shape index (κ3) is 8.15. The van der Waals surface area contributed by atoms with Gasteiger partial charge in [-0.05, 0) is 111 Å². The Morgan fingerprint density at radius 2 is 1.71 bits per heavy atom. The first-order chi connectivity index (χ1) is 22.8. The van der Waals surface area contributed by atoms with E-state index in [0.29, 0.717) is 41.0 Å². The van der Waals surface area contributed by atoms with Crippen molar-refractivity contribution in [2.24, 2.45) is 17.6 Å². The molecule has 2 heterocycles. The molecule has 12 heteroatoms. The number of nitrogens with two attached hydrogens (primary N) is 1. The van der Waals surface area contributed by atoms with Crippen LogP contribution < -0.4 is 32.6 Å². The van der Waals surface area contributed by atoms with Gasteiger partial charge in [0, 0.05) is 36.2 Å². The first-order valence-electron chi connectivity index (χ1n) is 16.5. The molecule has 1 saturated heterocycles. The summed E-state index contributed by atoms with van der Waals surface area (Å²) in [6, 6.07) is 18.0. The molecule has 2 atom stereocenters. The summed E-state index contributed by atoms with van der Waals surface area (Å²) in [6.45, 7) is 4.33. The Hall–Kier alpha value is -4.45. The number of halogens is 1. The SMILES string of the molecule is Cc1cc(C(=O)N[C@H]2CCNC2)ccc1-c1ccc(C[C@H](NC(=O)C2CCC(CN)CC2)C(=O)Nc2ccc3c(=O)[nH][nH]c3c2)cc1.Cl. The summed E-state index contributed by atoms with van der Waals surface area (Å²) in [6.07, 6.45) is 4.56. The first kappa shape index (κ1) is 34.9. The number of H-pyrrole nitrogens is 2. The largest absolute Gasteiger partial charge is 0.348 e. The highest BCUT2D eigenvalue weighted by molar-refractivity contribution is 5.99. The summed E-state index contributed by atoms with van der Waals surface area (Å²) < 4.78 is 0. The molecule has 3 aromatic carbocycles. The summed E-state index contributed by atoms with van der Waals surface area (Å²) in [4.78, 5) is 51.7. The number of fused-ring (bicyclic) bond motifs is 1. The molecule has 1 aliphatic heterocycles. The van der Waals surface area contributed by atoms with E-state index in [0.717, 1.165) is 67.4 Å². The van der Waals surface area contributed by atoms with Gasteiger partial charge in [0.1, 0.15) is 6.04 Å². The van der Waals surface area contributed by atoms with E-state index < -0.39 is 6.04 Å². The monoisotopic (exact) mass is 673 g/mol. The molecule has 11 nitrogen and oxygen atoms in total. The molecule has 6 rings (SSSR count). The lowest BCUT2D eigenvalue weighted by Crippen LogP contribution is -2.48. The Balaban J connectivity index is 0.00000451. The predicted molar refractivity (Wildman–Crippen MR) is 190 cm³/mol. The molecular formula is C36H44ClN7O4. The molecule has 0 spiro atoms. The smallest absolute Gasteiger partial charge is 0.271 e. The van der Waals surface area contributed by atoms with Crippen LogP contribution in [0.4, 0.5) is 5.69 Å². The highest BCUT2D eigenvalue weighted by Gasteiger charge is 2.29. The number of rotatable bonds is 10. The van der Waals surface area contributed by atoms with Gasteiger partial charge in [0.2, 0.25) is 11.8 Å². The van der Waals surface area contributed by atoms with E-state index in [4.69, 9.17) is 5.73 Å². The summed E-state index contributed by atoms with van der Waals surface area (Å²) in [5.41, 5.74) is 11.2. The van der Waals surface area contributed by atoms with Gasteiger partial charge < -0.3 is 27.0 Å². The fourth-order valence-corrected chi connectivity index (χ4v) is 6.73. The molecule has 2 fully saturated rings. The zero-order valence-corrected chi connectivity index (χ0v) is 27.9. The van der Waals surface area contributed by atoms with E-state index in [-0.39, 0.29) is 47.6 Å². The zero-order chi connectivity index (χ0) is 32.9. The fourth-order valence-electron chi connectivity index (χ4n) is 6.73. The van der Waals surface area contributed by atoms with E-state index in [2.05, 4.69) is 31.5 Å². The zero-order valence-electron chi connectivity index (χ0n) is 27.1. The van der Waals surface area contributed by atoms with Crippen LogP contribution in [0.5, 0.6) is 0 Å². The van der Waals surface area contributed by atoms with Crippen molar-refractivity contribution in [2.75, 3.05) is 25.0 Å². The summed E-state index contributed by atoms with van der Waals surface area (Å²) >= 11 is 0. The lowest BCUT2D eigenvalue weighted by atomic mass is 9.81. The van der Waals surface area contributed by atoms with Crippen molar-refractivity contribution in [3.05, 3.63) is 87.7 Å². The van der Waals surface area contributed by atoms with Gasteiger partial charge in [-0.25, -0.2) is 0 Å². The van der Waals surface area contributed by atoms with Crippen LogP contribution in [-0.4, -0.2) is 59.6 Å². The Labute approximate surface area is 285 Å². The van der Waals surface area contributed by atoms with Crippen LogP contribution in [0.15, 0.2) is 65.5 Å². The number of anilines is 1. The number of carbonyl (C=O) groups excluding carboxylic acids is 3. The Morgan fingerprint density at radius 3 is 2.40 bits per heavy atom. The van der Waals surface area contributed by atoms with E-state index in [1.807, 2.05) is 49.4 Å². The molecule has 0 radical (unpaired) electrons. The second kappa shape index (κ2) is 15.6. The minimum absolute atomic E-state index is 0. The molecule has 0 bridgehead atoms. The summed E-state index contributed by atoms with van der Waals surface area (Å²) in [7, 11) is 0. The number of carbonyl (C=O) groups is 3. The molecular weight excluding hydrogens is 630 g/mol. The number of aromatic amines is 2. The minimum atomic E-state index is -0.809. The first-order valence-corrected chi connectivity index (χ1v) is 16.5. The number of aryl methyl sites for hydroxylation is 1. The van der Waals surface area contributed by atoms with E-state index in [1.54, 1.807) is 18.2 Å². The second-order valence-corrected chi connectivity index (χ2v) is 12.9. The third-order valence-corrected chi connectivity index (χ3v) is 9.62. The van der Waals surface area contributed by atoms with Crippen LogP contribution in [0.1, 0.15) is 53.6 Å². The van der Waals surface area contributed by atoms with Gasteiger partial charge in [0.05, 0.1) is 10.9 Å². The molecule has 0 unspecified atom stereocenters. The maximum absolute atomic E-state index is 13.6. The van der Waals surface area contributed by atoms with Crippen LogP contribution in [0.3, 0.4) is 0 Å². The lowest BCUT2D eigenvalue weighted by Gasteiger charge is -2.28. The number of hydrogen-bond acceptors (Lipinski definition) is 6. The van der Waals surface area contributed by atoms with Crippen molar-refractivity contribution >= 4 is 46.7 Å². The molecule has 48 heavy (non-hydrogen) atoms. The van der Waals surface area contributed by atoms with Gasteiger partial charge >= 0.3 is 0 Å². The second-order valence-electron chi connectivity index (χ2n) is 12.9. The molecule has 1 aliphatic carbocycles. The van der Waals surface area contributed by atoms with Gasteiger partial charge in [-0.15, -0.1) is 12.4 Å². The Bertz CT molecular complexity index is 1810. The Kier molecular flexibility index (Phi) is 11.4. The van der Waals surface area contributed by atoms with Gasteiger partial charge in [-0.2, -0.15) is 0 Å². The van der Waals surface area contributed by atoms with Gasteiger partial charge in [-0.1, -0.05) is 30.3 Å². The highest BCUT2D eigenvalue weighted by Crippen LogP contribution is 2.29. The highest BCUT2D eigenvalue weighted by atomic mass is 35.5. The maximum Gasteiger partial charge on any atom is 0.271 e. The van der Waals surface area contributed by atoms with Crippen molar-refractivity contribution in [3.8, 4) is 11.1 Å². The van der Waals surface area contributed by atoms with Crippen molar-refractivity contribution < 1.29 is 14.4 Å². The van der Waals surface area contributed by atoms with Gasteiger partial charge in [0.15, 0.2) is 0 Å². The minimum Gasteiger partial charge on any atom is -0.348 e. The third-order valence-electron chi connectivity index (χ3n) is 9.62. The van der Waals surface area contributed by atoms with Crippen LogP contribution in [0, 0.1) is 18.8 Å². The van der Waals surface area contributed by atoms with Crippen LogP contribution in [0.25, 0.3) is 22.0 Å². The maximum atomic E-state index is 13.6. The molecule has 4 aromatic rings. The average Bonchev–Trinajstić information content (AvgIpc) is 3.74. The van der Waals surface area contributed by atoms with E-state index in [9.17, 15) is 19.2 Å². The molecule has 1 saturated carbocycles. The quantitative estimate of drug-likeness (QED) is 0.135. The molecule has 8 N–H and O–H groups in total. The Morgan fingerprint density at radius 1 is 0.938 bits per heavy atom. The number of aromatic nitrogens is 2. The van der Waals surface area contributed by atoms with Crippen molar-refractivity contribution in [3.63, 3.8) is 0 Å². The number of nitrogens with one attached hydrogen (secondary N) is 6. The van der Waals surface area contributed by atoms with Gasteiger partial charge in [-0.3, -0.25) is 29.4 Å². The predicted octanol–water partition coefficient (Wildman–Crippen LogP) is 3.78. The average molecular weight is 674 g/mol. The lowest BCUT2D eigenvalue weighted by molar-refractivity contribution is -0.130. The molecule has 2 aliphatic rings. The normalized spacial score (nSPS) is 19.7. The van der Waals surface area contributed by atoms with E-state index in [1.165, 1.54) is 0 Å². The molecule has 3 amide bonds. The van der Waals surface area contributed by atoms with E-state index >= 15 is 0 Å². The van der Waals surface area contributed by atoms with Crippen molar-refractivity contribution in [1.82, 2.24) is 26.1 Å². The van der Waals surface area contributed by atoms with Crippen LogP contribution in [0.2, 0.25) is 0 Å². The van der Waals surface area contributed by atoms with Crippen LogP contribution in [-0.2, 0) is 16.0 Å². The fraction of sp³-hybridized carbons (Fsp3) is 0.389. The summed E-state index contributed by atoms with van der Waals surface area (Å²) in [5, 5.41) is 18.2. The van der Waals surface area contributed by atoms with Crippen molar-refractivity contribution in [2.45, 2.75) is 57.5 Å². The molecule has 1 aromatic heterocycles. The number of amides is 3. The standard InChI is InChI=1S/C36H43N7O4.ClH/c1-21-16-26(34(45)40-28-14-15-38-20-28)10-12-29(21)24-6-2-22(3-7-24)17-32(41-33(44)25-8-4-23(19-37)5-9-25)36(47)39-27-11-13-30-31(18-27)42-43-35(30)46;/h2-3,6-7,10-13,16,18,23,25,28,32,38H,4-5,8-9,14-15,17,19-20,37H2,1H3,(H,39,47)(H,40,45)(H,41,44)(H2,42,43,46);1H/t23?,25?,28-,32-;/m0./s1. The van der Waals surface area contributed by atoms with Crippen molar-refractivity contribution in [1.29, 1.82) is 0 Å². The number of hydrogen-bond donors (Lipinski definition) is 7. The molecule has 254 valence electrons. The van der Waals surface area contributed by atoms with Crippen LogP contribution >= 0.6 is 12.4 Å². The summed E-state index contributed by atoms with van der Waals surface area (Å²) in [5.74, 6) is -0.235. The van der Waals surface area contributed by atoms with Gasteiger partial charge in [0.25, 0.3) is 11.5 Å².